The highest BCUT2D eigenvalue weighted by atomic mass is 19.1. The Balaban J connectivity index is 1.91. The van der Waals surface area contributed by atoms with Gasteiger partial charge in [-0.05, 0) is 45.4 Å². The molecular weight excluding hydrogens is 403 g/mol. The second-order valence-electron chi connectivity index (χ2n) is 8.07. The molecule has 0 bridgehead atoms. The summed E-state index contributed by atoms with van der Waals surface area (Å²) in [5.74, 6) is -2.13. The molecule has 168 valence electrons. The maximum atomic E-state index is 13.8. The van der Waals surface area contributed by atoms with Crippen LogP contribution in [-0.4, -0.2) is 66.0 Å². The zero-order valence-corrected chi connectivity index (χ0v) is 18.4. The van der Waals surface area contributed by atoms with Crippen LogP contribution in [0, 0.1) is 5.82 Å². The van der Waals surface area contributed by atoms with Crippen molar-refractivity contribution in [2.24, 2.45) is 0 Å². The third kappa shape index (κ3) is 5.12. The van der Waals surface area contributed by atoms with Crippen LogP contribution in [0.5, 0.6) is 0 Å². The van der Waals surface area contributed by atoms with E-state index in [0.717, 1.165) is 0 Å². The molecule has 7 nitrogen and oxygen atoms in total. The lowest BCUT2D eigenvalue weighted by Crippen LogP contribution is -2.52. The molecule has 1 aromatic rings. The fourth-order valence-electron chi connectivity index (χ4n) is 4.30. The fourth-order valence-corrected chi connectivity index (χ4v) is 4.30. The van der Waals surface area contributed by atoms with E-state index in [1.165, 1.54) is 17.0 Å². The van der Waals surface area contributed by atoms with Crippen molar-refractivity contribution >= 4 is 17.8 Å². The molecule has 2 aliphatic rings. The number of hydrogen-bond donors (Lipinski definition) is 0. The first-order chi connectivity index (χ1) is 14.7. The first-order valence-electron chi connectivity index (χ1n) is 10.6. The van der Waals surface area contributed by atoms with Crippen molar-refractivity contribution in [3.8, 4) is 0 Å². The minimum Gasteiger partial charge on any atom is -0.463 e. The zero-order valence-electron chi connectivity index (χ0n) is 18.4. The van der Waals surface area contributed by atoms with Crippen molar-refractivity contribution in [1.82, 2.24) is 9.80 Å². The van der Waals surface area contributed by atoms with Crippen LogP contribution in [0.4, 0.5) is 4.39 Å². The van der Waals surface area contributed by atoms with Gasteiger partial charge in [-0.3, -0.25) is 9.59 Å². The molecule has 0 aliphatic carbocycles. The van der Waals surface area contributed by atoms with Gasteiger partial charge in [-0.1, -0.05) is 12.1 Å². The van der Waals surface area contributed by atoms with E-state index in [4.69, 9.17) is 9.47 Å². The van der Waals surface area contributed by atoms with Crippen molar-refractivity contribution < 1.29 is 28.2 Å². The number of ether oxygens (including phenoxy) is 2. The molecule has 2 amide bonds. The molecule has 3 atom stereocenters. The Labute approximate surface area is 181 Å². The van der Waals surface area contributed by atoms with Crippen LogP contribution in [0.15, 0.2) is 35.5 Å². The summed E-state index contributed by atoms with van der Waals surface area (Å²) in [6, 6.07) is 5.86. The highest BCUT2D eigenvalue weighted by Gasteiger charge is 2.38. The third-order valence-corrected chi connectivity index (χ3v) is 5.64. The van der Waals surface area contributed by atoms with Crippen LogP contribution in [-0.2, 0) is 23.9 Å². The minimum absolute atomic E-state index is 0.0435. The quantitative estimate of drug-likeness (QED) is 0.669. The highest BCUT2D eigenvalue weighted by Crippen LogP contribution is 2.37. The van der Waals surface area contributed by atoms with Crippen LogP contribution in [0.25, 0.3) is 0 Å². The number of allylic oxidation sites excluding steroid dienone is 1. The molecule has 1 fully saturated rings. The van der Waals surface area contributed by atoms with Gasteiger partial charge in [-0.15, -0.1) is 0 Å². The number of carbonyl (C=O) groups excluding carboxylic acids is 3. The second-order valence-corrected chi connectivity index (χ2v) is 8.07. The molecule has 3 rings (SSSR count). The Morgan fingerprint density at radius 3 is 2.52 bits per heavy atom. The zero-order chi connectivity index (χ0) is 22.7. The predicted molar refractivity (Wildman–Crippen MR) is 111 cm³/mol. The van der Waals surface area contributed by atoms with Gasteiger partial charge in [0, 0.05) is 31.1 Å². The molecule has 1 saturated heterocycles. The summed E-state index contributed by atoms with van der Waals surface area (Å²) in [4.78, 5) is 41.7. The van der Waals surface area contributed by atoms with Gasteiger partial charge in [-0.25, -0.2) is 9.18 Å². The second kappa shape index (κ2) is 9.60. The lowest BCUT2D eigenvalue weighted by molar-refractivity contribution is -0.148. The number of hydrogen-bond acceptors (Lipinski definition) is 5. The lowest BCUT2D eigenvalue weighted by Gasteiger charge is -2.38. The van der Waals surface area contributed by atoms with Gasteiger partial charge in [0.1, 0.15) is 12.4 Å². The molecule has 3 unspecified atom stereocenters. The molecule has 0 spiro atoms. The van der Waals surface area contributed by atoms with E-state index >= 15 is 0 Å². The number of nitrogens with zero attached hydrogens (tertiary/aromatic N) is 2. The number of rotatable bonds is 5. The Morgan fingerprint density at radius 2 is 1.90 bits per heavy atom. The summed E-state index contributed by atoms with van der Waals surface area (Å²) in [6.45, 7) is 8.03. The smallest absolute Gasteiger partial charge is 0.336 e. The van der Waals surface area contributed by atoms with Gasteiger partial charge in [0.2, 0.25) is 11.8 Å². The predicted octanol–water partition coefficient (Wildman–Crippen LogP) is 2.61. The Kier molecular flexibility index (Phi) is 7.10. The van der Waals surface area contributed by atoms with Crippen molar-refractivity contribution in [1.29, 1.82) is 0 Å². The third-order valence-electron chi connectivity index (χ3n) is 5.64. The Morgan fingerprint density at radius 1 is 1.23 bits per heavy atom. The minimum atomic E-state index is -0.628. The lowest BCUT2D eigenvalue weighted by atomic mass is 9.83. The van der Waals surface area contributed by atoms with E-state index in [1.807, 2.05) is 13.8 Å². The van der Waals surface area contributed by atoms with E-state index in [0.29, 0.717) is 24.4 Å². The van der Waals surface area contributed by atoms with Gasteiger partial charge in [0.15, 0.2) is 0 Å². The molecule has 2 aliphatic heterocycles. The van der Waals surface area contributed by atoms with Gasteiger partial charge in [0.25, 0.3) is 0 Å². The molecule has 0 N–H and O–H groups in total. The van der Waals surface area contributed by atoms with Gasteiger partial charge < -0.3 is 19.3 Å². The number of halogens is 1. The number of esters is 1. The summed E-state index contributed by atoms with van der Waals surface area (Å²) in [6.07, 6.45) is -0.222. The van der Waals surface area contributed by atoms with Gasteiger partial charge in [0.05, 0.1) is 24.4 Å². The standard InChI is InChI=1S/C23H29FN2O5/c1-5-30-23(29)22-16(4)26(13-21(28)25-11-14(2)31-15(3)12-25)20(27)10-19(22)17-7-6-8-18(24)9-17/h6-9,14-15,19H,5,10-13H2,1-4H3. The van der Waals surface area contributed by atoms with E-state index in [2.05, 4.69) is 0 Å². The molecular formula is C23H29FN2O5. The van der Waals surface area contributed by atoms with E-state index < -0.39 is 17.7 Å². The first kappa shape index (κ1) is 22.9. The number of benzene rings is 1. The Hall–Kier alpha value is -2.74. The number of amides is 2. The summed E-state index contributed by atoms with van der Waals surface area (Å²) < 4.78 is 24.7. The van der Waals surface area contributed by atoms with Crippen LogP contribution >= 0.6 is 0 Å². The summed E-state index contributed by atoms with van der Waals surface area (Å²) in [7, 11) is 0. The van der Waals surface area contributed by atoms with Crippen molar-refractivity contribution in [2.45, 2.75) is 52.2 Å². The SMILES string of the molecule is CCOC(=O)C1=C(C)N(CC(=O)N2CC(C)OC(C)C2)C(=O)CC1c1cccc(F)c1. The molecule has 1 aromatic carbocycles. The number of morpholine rings is 1. The molecule has 0 saturated carbocycles. The topological polar surface area (TPSA) is 76.2 Å². The van der Waals surface area contributed by atoms with Crippen LogP contribution in [0.3, 0.4) is 0 Å². The van der Waals surface area contributed by atoms with Crippen LogP contribution in [0.2, 0.25) is 0 Å². The fraction of sp³-hybridized carbons (Fsp3) is 0.522. The first-order valence-corrected chi connectivity index (χ1v) is 10.6. The van der Waals surface area contributed by atoms with Crippen LogP contribution < -0.4 is 0 Å². The van der Waals surface area contributed by atoms with Gasteiger partial charge in [-0.2, -0.15) is 0 Å². The summed E-state index contributed by atoms with van der Waals surface area (Å²) >= 11 is 0. The maximum Gasteiger partial charge on any atom is 0.336 e. The van der Waals surface area contributed by atoms with Crippen molar-refractivity contribution in [3.05, 3.63) is 46.9 Å². The summed E-state index contributed by atoms with van der Waals surface area (Å²) in [5, 5.41) is 0. The molecule has 31 heavy (non-hydrogen) atoms. The normalized spacial score (nSPS) is 24.4. The van der Waals surface area contributed by atoms with Crippen molar-refractivity contribution in [2.75, 3.05) is 26.2 Å². The van der Waals surface area contributed by atoms with E-state index in [1.54, 1.807) is 30.9 Å². The average molecular weight is 432 g/mol. The average Bonchev–Trinajstić information content (AvgIpc) is 2.69. The van der Waals surface area contributed by atoms with Crippen LogP contribution in [0.1, 0.15) is 45.6 Å². The Bertz CT molecular complexity index is 890. The monoisotopic (exact) mass is 432 g/mol. The molecule has 2 heterocycles. The molecule has 8 heteroatoms. The van der Waals surface area contributed by atoms with E-state index in [9.17, 15) is 18.8 Å². The van der Waals surface area contributed by atoms with E-state index in [-0.39, 0.29) is 49.2 Å². The highest BCUT2D eigenvalue weighted by molar-refractivity contribution is 5.97. The molecule has 0 aromatic heterocycles. The van der Waals surface area contributed by atoms with Crippen molar-refractivity contribution in [3.63, 3.8) is 0 Å². The van der Waals surface area contributed by atoms with Gasteiger partial charge >= 0.3 is 5.97 Å². The number of carbonyl (C=O) groups is 3. The maximum absolute atomic E-state index is 13.8. The largest absolute Gasteiger partial charge is 0.463 e. The summed E-state index contributed by atoms with van der Waals surface area (Å²) in [5.41, 5.74) is 1.17. The molecule has 0 radical (unpaired) electrons.